The van der Waals surface area contributed by atoms with Gasteiger partial charge in [-0.25, -0.2) is 9.50 Å². The highest BCUT2D eigenvalue weighted by molar-refractivity contribution is 7.16. The van der Waals surface area contributed by atoms with Gasteiger partial charge in [0.05, 0.1) is 11.9 Å². The van der Waals surface area contributed by atoms with E-state index < -0.39 is 0 Å². The molecule has 3 heterocycles. The molecule has 3 aromatic heterocycles. The molecule has 0 aliphatic carbocycles. The first kappa shape index (κ1) is 9.56. The average Bonchev–Trinajstić information content (AvgIpc) is 2.89. The topological polar surface area (TPSA) is 61.1 Å². The fourth-order valence-electron chi connectivity index (χ4n) is 1.62. The van der Waals surface area contributed by atoms with Crippen molar-refractivity contribution in [1.82, 2.24) is 19.2 Å². The second kappa shape index (κ2) is 3.43. The van der Waals surface area contributed by atoms with Crippen molar-refractivity contribution in [2.75, 3.05) is 0 Å². The summed E-state index contributed by atoms with van der Waals surface area (Å²) in [4.78, 5) is 5.40. The largest absolute Gasteiger partial charge is 0.357 e. The van der Waals surface area contributed by atoms with Crippen molar-refractivity contribution in [2.45, 2.75) is 6.54 Å². The molecule has 0 unspecified atom stereocenters. The number of aromatic nitrogens is 4. The van der Waals surface area contributed by atoms with E-state index in [4.69, 9.17) is 5.73 Å². The summed E-state index contributed by atoms with van der Waals surface area (Å²) >= 11 is 1.53. The van der Waals surface area contributed by atoms with Crippen LogP contribution in [0.2, 0.25) is 0 Å². The Balaban J connectivity index is 2.09. The highest BCUT2D eigenvalue weighted by atomic mass is 32.1. The zero-order chi connectivity index (χ0) is 11.1. The summed E-state index contributed by atoms with van der Waals surface area (Å²) in [5, 5.41) is 5.23. The zero-order valence-electron chi connectivity index (χ0n) is 8.79. The number of rotatable bonds is 2. The van der Waals surface area contributed by atoms with Gasteiger partial charge in [-0.15, -0.1) is 0 Å². The minimum absolute atomic E-state index is 0.467. The summed E-state index contributed by atoms with van der Waals surface area (Å²) < 4.78 is 3.79. The van der Waals surface area contributed by atoms with Crippen LogP contribution in [-0.2, 0) is 13.6 Å². The molecule has 0 atom stereocenters. The monoisotopic (exact) mass is 233 g/mol. The van der Waals surface area contributed by atoms with E-state index in [-0.39, 0.29) is 0 Å². The van der Waals surface area contributed by atoms with Gasteiger partial charge in [-0.1, -0.05) is 11.3 Å². The molecular formula is C10H11N5S. The second-order valence-corrected chi connectivity index (χ2v) is 4.66. The van der Waals surface area contributed by atoms with Crippen LogP contribution >= 0.6 is 11.3 Å². The highest BCUT2D eigenvalue weighted by Gasteiger charge is 2.09. The molecule has 0 bridgehead atoms. The number of fused-ring (bicyclic) bond motifs is 1. The third kappa shape index (κ3) is 1.43. The number of nitrogens with two attached hydrogens (primary N) is 1. The third-order valence-electron chi connectivity index (χ3n) is 2.39. The number of imidazole rings is 1. The minimum Gasteiger partial charge on any atom is -0.357 e. The van der Waals surface area contributed by atoms with Crippen molar-refractivity contribution in [3.05, 3.63) is 29.7 Å². The van der Waals surface area contributed by atoms with Crippen LogP contribution in [0.15, 0.2) is 24.7 Å². The molecule has 0 aliphatic heterocycles. The first-order valence-corrected chi connectivity index (χ1v) is 5.75. The van der Waals surface area contributed by atoms with Crippen molar-refractivity contribution in [3.8, 4) is 11.3 Å². The van der Waals surface area contributed by atoms with Crippen molar-refractivity contribution >= 4 is 16.3 Å². The molecule has 2 N–H and O–H groups in total. The summed E-state index contributed by atoms with van der Waals surface area (Å²) in [5.41, 5.74) is 7.58. The molecule has 0 fully saturated rings. The van der Waals surface area contributed by atoms with Gasteiger partial charge in [0.2, 0.25) is 4.96 Å². The highest BCUT2D eigenvalue weighted by Crippen LogP contribution is 2.21. The van der Waals surface area contributed by atoms with E-state index in [0.29, 0.717) is 6.54 Å². The molecule has 0 aromatic carbocycles. The molecule has 5 nitrogen and oxygen atoms in total. The van der Waals surface area contributed by atoms with Crippen molar-refractivity contribution < 1.29 is 0 Å². The number of hydrogen-bond acceptors (Lipinski definition) is 4. The Bertz CT molecular complexity index is 601. The van der Waals surface area contributed by atoms with Crippen LogP contribution in [0.4, 0.5) is 0 Å². The van der Waals surface area contributed by atoms with E-state index in [1.54, 1.807) is 4.52 Å². The van der Waals surface area contributed by atoms with Gasteiger partial charge in [0, 0.05) is 31.5 Å². The molecule has 3 rings (SSSR count). The number of aryl methyl sites for hydroxylation is 1. The molecule has 6 heteroatoms. The maximum atomic E-state index is 5.53. The van der Waals surface area contributed by atoms with Gasteiger partial charge < -0.3 is 10.3 Å². The third-order valence-corrected chi connectivity index (χ3v) is 3.33. The van der Waals surface area contributed by atoms with Crippen LogP contribution in [0.1, 0.15) is 5.01 Å². The summed E-state index contributed by atoms with van der Waals surface area (Å²) in [7, 11) is 1.99. The van der Waals surface area contributed by atoms with Gasteiger partial charge in [0.15, 0.2) is 0 Å². The van der Waals surface area contributed by atoms with Crippen LogP contribution < -0.4 is 5.73 Å². The van der Waals surface area contributed by atoms with Gasteiger partial charge in [-0.05, 0) is 6.07 Å². The Morgan fingerprint density at radius 2 is 2.31 bits per heavy atom. The Kier molecular flexibility index (Phi) is 2.05. The SMILES string of the molecule is Cn1ccc(-c2cn3nc(CN)sc3n2)c1. The minimum atomic E-state index is 0.467. The second-order valence-electron chi connectivity index (χ2n) is 3.62. The lowest BCUT2D eigenvalue weighted by molar-refractivity contribution is 0.896. The molecule has 0 spiro atoms. The lowest BCUT2D eigenvalue weighted by atomic mass is 10.3. The van der Waals surface area contributed by atoms with Crippen LogP contribution in [0.25, 0.3) is 16.2 Å². The van der Waals surface area contributed by atoms with Gasteiger partial charge in [-0.2, -0.15) is 5.10 Å². The molecule has 16 heavy (non-hydrogen) atoms. The van der Waals surface area contributed by atoms with Crippen LogP contribution in [0.3, 0.4) is 0 Å². The molecule has 0 aliphatic rings. The van der Waals surface area contributed by atoms with Crippen molar-refractivity contribution in [2.24, 2.45) is 12.8 Å². The van der Waals surface area contributed by atoms with E-state index in [9.17, 15) is 0 Å². The Morgan fingerprint density at radius 3 is 2.94 bits per heavy atom. The van der Waals surface area contributed by atoms with E-state index in [0.717, 1.165) is 21.2 Å². The van der Waals surface area contributed by atoms with Crippen molar-refractivity contribution in [1.29, 1.82) is 0 Å². The van der Waals surface area contributed by atoms with E-state index in [1.807, 2.05) is 36.3 Å². The molecular weight excluding hydrogens is 222 g/mol. The van der Waals surface area contributed by atoms with Crippen LogP contribution in [0.5, 0.6) is 0 Å². The molecule has 0 saturated heterocycles. The summed E-state index contributed by atoms with van der Waals surface area (Å²) in [6.07, 6.45) is 5.97. The summed E-state index contributed by atoms with van der Waals surface area (Å²) in [5.74, 6) is 0. The maximum absolute atomic E-state index is 5.53. The van der Waals surface area contributed by atoms with Gasteiger partial charge in [0.1, 0.15) is 5.01 Å². The van der Waals surface area contributed by atoms with Gasteiger partial charge in [-0.3, -0.25) is 0 Å². The molecule has 0 amide bonds. The molecule has 0 radical (unpaired) electrons. The summed E-state index contributed by atoms with van der Waals surface area (Å²) in [6, 6.07) is 2.04. The Labute approximate surface area is 96.1 Å². The lowest BCUT2D eigenvalue weighted by Crippen LogP contribution is -1.95. The summed E-state index contributed by atoms with van der Waals surface area (Å²) in [6.45, 7) is 0.467. The smallest absolute Gasteiger partial charge is 0.212 e. The molecule has 3 aromatic rings. The predicted molar refractivity (Wildman–Crippen MR) is 63.2 cm³/mol. The number of nitrogens with zero attached hydrogens (tertiary/aromatic N) is 4. The first-order valence-electron chi connectivity index (χ1n) is 4.94. The Hall–Kier alpha value is -1.66. The normalized spacial score (nSPS) is 11.4. The first-order chi connectivity index (χ1) is 7.76. The lowest BCUT2D eigenvalue weighted by Gasteiger charge is -1.88. The molecule has 0 saturated carbocycles. The van der Waals surface area contributed by atoms with E-state index in [2.05, 4.69) is 10.1 Å². The van der Waals surface area contributed by atoms with E-state index >= 15 is 0 Å². The van der Waals surface area contributed by atoms with Gasteiger partial charge in [0.25, 0.3) is 0 Å². The van der Waals surface area contributed by atoms with Crippen LogP contribution in [0, 0.1) is 0 Å². The van der Waals surface area contributed by atoms with Gasteiger partial charge >= 0.3 is 0 Å². The fourth-order valence-corrected chi connectivity index (χ4v) is 2.37. The predicted octanol–water partition coefficient (Wildman–Crippen LogP) is 1.25. The quantitative estimate of drug-likeness (QED) is 0.724. The van der Waals surface area contributed by atoms with Crippen molar-refractivity contribution in [3.63, 3.8) is 0 Å². The van der Waals surface area contributed by atoms with E-state index in [1.165, 1.54) is 11.3 Å². The fraction of sp³-hybridized carbons (Fsp3) is 0.200. The number of hydrogen-bond donors (Lipinski definition) is 1. The maximum Gasteiger partial charge on any atom is 0.212 e. The average molecular weight is 233 g/mol. The van der Waals surface area contributed by atoms with Crippen LogP contribution in [-0.4, -0.2) is 19.2 Å². The standard InChI is InChI=1S/C10H11N5S/c1-14-3-2-7(5-14)8-6-15-10(12-8)16-9(4-11)13-15/h2-3,5-6H,4,11H2,1H3. The zero-order valence-corrected chi connectivity index (χ0v) is 9.61. The Morgan fingerprint density at radius 1 is 1.44 bits per heavy atom. The molecule has 82 valence electrons.